The van der Waals surface area contributed by atoms with Gasteiger partial charge in [-0.1, -0.05) is 36.9 Å². The highest BCUT2D eigenvalue weighted by molar-refractivity contribution is 5.70. The molecule has 0 aliphatic carbocycles. The number of rotatable bonds is 1. The summed E-state index contributed by atoms with van der Waals surface area (Å²) in [5.41, 5.74) is 0.968. The van der Waals surface area contributed by atoms with Crippen molar-refractivity contribution < 1.29 is 19.7 Å². The first kappa shape index (κ1) is 12.6. The fraction of sp³-hybridized carbons (Fsp3) is 0.308. The van der Waals surface area contributed by atoms with E-state index in [-0.39, 0.29) is 12.0 Å². The van der Waals surface area contributed by atoms with Crippen molar-refractivity contribution >= 4 is 6.09 Å². The lowest BCUT2D eigenvalue weighted by Gasteiger charge is -2.31. The molecule has 2 rings (SSSR count). The number of amides is 1. The maximum atomic E-state index is 11.7. The number of methoxy groups -OCH3 is 1. The molecule has 1 aliphatic heterocycles. The molecule has 0 aromatic heterocycles. The Labute approximate surface area is 105 Å². The first-order chi connectivity index (χ1) is 8.48. The van der Waals surface area contributed by atoms with Gasteiger partial charge in [-0.15, -0.1) is 0 Å². The molecule has 1 amide bonds. The van der Waals surface area contributed by atoms with Crippen LogP contribution in [-0.4, -0.2) is 34.2 Å². The molecule has 18 heavy (non-hydrogen) atoms. The van der Waals surface area contributed by atoms with E-state index in [0.29, 0.717) is 0 Å². The van der Waals surface area contributed by atoms with Crippen molar-refractivity contribution in [3.63, 3.8) is 0 Å². The number of likely N-dealkylation sites (tertiary alicyclic amines) is 1. The smallest absolute Gasteiger partial charge is 0.414 e. The van der Waals surface area contributed by atoms with Crippen molar-refractivity contribution in [1.29, 1.82) is 0 Å². The van der Waals surface area contributed by atoms with Gasteiger partial charge in [0.15, 0.2) is 0 Å². The van der Waals surface area contributed by atoms with Gasteiger partial charge in [-0.3, -0.25) is 0 Å². The second-order valence-corrected chi connectivity index (χ2v) is 4.21. The number of benzene rings is 1. The predicted molar refractivity (Wildman–Crippen MR) is 64.4 cm³/mol. The van der Waals surface area contributed by atoms with E-state index >= 15 is 0 Å². The van der Waals surface area contributed by atoms with Crippen molar-refractivity contribution in [3.05, 3.63) is 48.0 Å². The second kappa shape index (κ2) is 4.44. The summed E-state index contributed by atoms with van der Waals surface area (Å²) >= 11 is 0. The van der Waals surface area contributed by atoms with Gasteiger partial charge >= 0.3 is 6.09 Å². The normalized spacial score (nSPS) is 22.1. The fourth-order valence-corrected chi connectivity index (χ4v) is 2.14. The molecule has 1 heterocycles. The predicted octanol–water partition coefficient (Wildman–Crippen LogP) is 1.39. The fourth-order valence-electron chi connectivity index (χ4n) is 2.14. The Kier molecular flexibility index (Phi) is 3.11. The molecule has 96 valence electrons. The molecule has 0 spiro atoms. The molecule has 0 saturated carbocycles. The van der Waals surface area contributed by atoms with Crippen LogP contribution in [0.4, 0.5) is 4.79 Å². The topological polar surface area (TPSA) is 70.0 Å². The van der Waals surface area contributed by atoms with E-state index in [2.05, 4.69) is 11.3 Å². The molecule has 1 unspecified atom stereocenters. The first-order valence-corrected chi connectivity index (χ1v) is 5.53. The van der Waals surface area contributed by atoms with E-state index < -0.39 is 18.0 Å². The van der Waals surface area contributed by atoms with Crippen LogP contribution in [0.1, 0.15) is 18.0 Å². The van der Waals surface area contributed by atoms with Crippen LogP contribution in [-0.2, 0) is 4.74 Å². The Morgan fingerprint density at radius 3 is 2.61 bits per heavy atom. The number of carbonyl (C=O) groups excluding carboxylic acids is 1. The highest BCUT2D eigenvalue weighted by Gasteiger charge is 2.50. The minimum atomic E-state index is -2.37. The van der Waals surface area contributed by atoms with Crippen LogP contribution in [0.2, 0.25) is 0 Å². The van der Waals surface area contributed by atoms with Crippen molar-refractivity contribution in [2.24, 2.45) is 0 Å². The Morgan fingerprint density at radius 2 is 2.06 bits per heavy atom. The minimum absolute atomic E-state index is 0.168. The third-order valence-corrected chi connectivity index (χ3v) is 3.12. The Bertz CT molecular complexity index is 469. The lowest BCUT2D eigenvalue weighted by atomic mass is 10.0. The third-order valence-electron chi connectivity index (χ3n) is 3.12. The van der Waals surface area contributed by atoms with E-state index in [1.54, 1.807) is 0 Å². The van der Waals surface area contributed by atoms with Crippen LogP contribution in [0.25, 0.3) is 0 Å². The number of ether oxygens (including phenoxy) is 1. The molecule has 5 heteroatoms. The lowest BCUT2D eigenvalue weighted by Crippen LogP contribution is -2.48. The Hall–Kier alpha value is -1.85. The summed E-state index contributed by atoms with van der Waals surface area (Å²) < 4.78 is 4.60. The largest absolute Gasteiger partial charge is 0.453 e. The van der Waals surface area contributed by atoms with Gasteiger partial charge in [-0.25, -0.2) is 9.69 Å². The summed E-state index contributed by atoms with van der Waals surface area (Å²) in [5, 5.41) is 19.9. The first-order valence-electron chi connectivity index (χ1n) is 5.53. The van der Waals surface area contributed by atoms with Gasteiger partial charge in [-0.05, 0) is 5.56 Å². The number of hydrogen-bond acceptors (Lipinski definition) is 4. The lowest BCUT2D eigenvalue weighted by molar-refractivity contribution is -0.212. The van der Waals surface area contributed by atoms with E-state index in [0.717, 1.165) is 10.5 Å². The highest BCUT2D eigenvalue weighted by Crippen LogP contribution is 2.43. The summed E-state index contributed by atoms with van der Waals surface area (Å²) in [6, 6.07) is 8.64. The van der Waals surface area contributed by atoms with Gasteiger partial charge in [0.2, 0.25) is 0 Å². The van der Waals surface area contributed by atoms with E-state index in [1.165, 1.54) is 7.11 Å². The standard InChI is InChI=1S/C13H15NO4/c1-9-8-11(10-6-4-3-5-7-10)14(12(15)18-2)13(9,16)17/h3-7,11,16-17H,1,8H2,2H3. The molecule has 1 atom stereocenters. The Morgan fingerprint density at radius 1 is 1.44 bits per heavy atom. The summed E-state index contributed by atoms with van der Waals surface area (Å²) in [7, 11) is 1.20. The van der Waals surface area contributed by atoms with Crippen molar-refractivity contribution in [1.82, 2.24) is 4.90 Å². The molecule has 5 nitrogen and oxygen atoms in total. The summed E-state index contributed by atoms with van der Waals surface area (Å²) in [6.07, 6.45) is -0.515. The molecular weight excluding hydrogens is 234 g/mol. The zero-order valence-electron chi connectivity index (χ0n) is 10.0. The molecule has 1 aromatic rings. The summed E-state index contributed by atoms with van der Waals surface area (Å²) in [5.74, 6) is -2.37. The van der Waals surface area contributed by atoms with Gasteiger partial charge < -0.3 is 14.9 Å². The van der Waals surface area contributed by atoms with Crippen LogP contribution >= 0.6 is 0 Å². The molecule has 0 bridgehead atoms. The maximum absolute atomic E-state index is 11.7. The highest BCUT2D eigenvalue weighted by atomic mass is 16.6. The van der Waals surface area contributed by atoms with Crippen LogP contribution in [0, 0.1) is 0 Å². The average molecular weight is 249 g/mol. The van der Waals surface area contributed by atoms with Crippen LogP contribution < -0.4 is 0 Å². The van der Waals surface area contributed by atoms with Crippen molar-refractivity contribution in [2.75, 3.05) is 7.11 Å². The second-order valence-electron chi connectivity index (χ2n) is 4.21. The summed E-state index contributed by atoms with van der Waals surface area (Å²) in [4.78, 5) is 12.6. The van der Waals surface area contributed by atoms with Crippen LogP contribution in [0.5, 0.6) is 0 Å². The number of carbonyl (C=O) groups is 1. The van der Waals surface area contributed by atoms with Crippen molar-refractivity contribution in [3.8, 4) is 0 Å². The van der Waals surface area contributed by atoms with Crippen molar-refractivity contribution in [2.45, 2.75) is 18.4 Å². The third kappa shape index (κ3) is 1.87. The summed E-state index contributed by atoms with van der Waals surface area (Å²) in [6.45, 7) is 3.60. The van der Waals surface area contributed by atoms with Gasteiger partial charge in [0, 0.05) is 12.0 Å². The SMILES string of the molecule is C=C1CC(c2ccccc2)N(C(=O)OC)C1(O)O. The van der Waals surface area contributed by atoms with Gasteiger partial charge in [0.1, 0.15) is 0 Å². The zero-order chi connectivity index (χ0) is 13.3. The van der Waals surface area contributed by atoms with Gasteiger partial charge in [-0.2, -0.15) is 0 Å². The maximum Gasteiger partial charge on any atom is 0.414 e. The van der Waals surface area contributed by atoms with E-state index in [1.807, 2.05) is 30.3 Å². The van der Waals surface area contributed by atoms with E-state index in [9.17, 15) is 15.0 Å². The number of aliphatic hydroxyl groups is 2. The van der Waals surface area contributed by atoms with Crippen LogP contribution in [0.3, 0.4) is 0 Å². The molecule has 1 fully saturated rings. The van der Waals surface area contributed by atoms with Gasteiger partial charge in [0.25, 0.3) is 5.91 Å². The average Bonchev–Trinajstić information content (AvgIpc) is 2.61. The Balaban J connectivity index is 2.42. The molecular formula is C13H15NO4. The molecule has 0 radical (unpaired) electrons. The molecule has 2 N–H and O–H groups in total. The molecule has 1 aliphatic rings. The minimum Gasteiger partial charge on any atom is -0.453 e. The van der Waals surface area contributed by atoms with Crippen LogP contribution in [0.15, 0.2) is 42.5 Å². The van der Waals surface area contributed by atoms with E-state index in [4.69, 9.17) is 0 Å². The number of hydrogen-bond donors (Lipinski definition) is 2. The monoisotopic (exact) mass is 249 g/mol. The quantitative estimate of drug-likeness (QED) is 0.583. The zero-order valence-corrected chi connectivity index (χ0v) is 10.0. The molecule has 1 aromatic carbocycles. The van der Waals surface area contributed by atoms with Gasteiger partial charge in [0.05, 0.1) is 13.2 Å². The molecule has 1 saturated heterocycles. The number of nitrogens with zero attached hydrogens (tertiary/aromatic N) is 1.